The number of halogens is 3. The molecule has 0 radical (unpaired) electrons. The third kappa shape index (κ3) is 4.14. The van der Waals surface area contributed by atoms with Gasteiger partial charge in [-0.1, -0.05) is 0 Å². The molecule has 1 heterocycles. The molecule has 2 aromatic carbocycles. The van der Waals surface area contributed by atoms with E-state index in [-0.39, 0.29) is 11.6 Å². The van der Waals surface area contributed by atoms with Crippen LogP contribution in [0.2, 0.25) is 0 Å². The fraction of sp³-hybridized carbons (Fsp3) is 0.0625. The number of amides is 1. The molecule has 25 heavy (non-hydrogen) atoms. The second kappa shape index (κ2) is 7.04. The first-order chi connectivity index (χ1) is 12.0. The third-order valence-corrected chi connectivity index (χ3v) is 3.12. The molecule has 0 unspecified atom stereocenters. The normalized spacial score (nSPS) is 10.7. The zero-order valence-electron chi connectivity index (χ0n) is 12.6. The van der Waals surface area contributed by atoms with Crippen LogP contribution in [0.15, 0.2) is 54.9 Å². The second-order valence-electron chi connectivity index (χ2n) is 4.85. The first-order valence-electron chi connectivity index (χ1n) is 7.05. The average Bonchev–Trinajstić information content (AvgIpc) is 3.07. The van der Waals surface area contributed by atoms with Crippen molar-refractivity contribution in [2.45, 2.75) is 6.61 Å². The minimum Gasteiger partial charge on any atom is -0.435 e. The molecule has 3 aromatic rings. The fourth-order valence-electron chi connectivity index (χ4n) is 1.99. The summed E-state index contributed by atoms with van der Waals surface area (Å²) >= 11 is 0. The van der Waals surface area contributed by atoms with E-state index in [1.165, 1.54) is 59.5 Å². The Labute approximate surface area is 139 Å². The zero-order valence-corrected chi connectivity index (χ0v) is 12.6. The van der Waals surface area contributed by atoms with E-state index in [2.05, 4.69) is 20.1 Å². The van der Waals surface area contributed by atoms with Crippen LogP contribution in [0.25, 0.3) is 5.69 Å². The van der Waals surface area contributed by atoms with E-state index in [1.54, 1.807) is 0 Å². The molecule has 128 valence electrons. The summed E-state index contributed by atoms with van der Waals surface area (Å²) in [6.07, 6.45) is 1.31. The Hall–Kier alpha value is -3.36. The maximum absolute atomic E-state index is 12.8. The lowest BCUT2D eigenvalue weighted by Crippen LogP contribution is -2.14. The molecule has 0 saturated heterocycles. The molecule has 0 atom stereocenters. The predicted octanol–water partition coefficient (Wildman–Crippen LogP) is 3.26. The van der Waals surface area contributed by atoms with Gasteiger partial charge in [0.05, 0.1) is 5.69 Å². The van der Waals surface area contributed by atoms with Gasteiger partial charge in [-0.25, -0.2) is 14.1 Å². The first kappa shape index (κ1) is 16.5. The van der Waals surface area contributed by atoms with Crippen molar-refractivity contribution in [1.29, 1.82) is 0 Å². The lowest BCUT2D eigenvalue weighted by Gasteiger charge is -2.05. The number of ether oxygens (including phenoxy) is 1. The summed E-state index contributed by atoms with van der Waals surface area (Å²) in [5, 5.41) is 6.55. The Morgan fingerprint density at radius 2 is 1.76 bits per heavy atom. The van der Waals surface area contributed by atoms with Crippen LogP contribution in [0.4, 0.5) is 18.9 Å². The molecule has 0 spiro atoms. The Morgan fingerprint density at radius 3 is 2.40 bits per heavy atom. The molecule has 0 aliphatic rings. The van der Waals surface area contributed by atoms with Crippen LogP contribution in [0.1, 0.15) is 10.6 Å². The van der Waals surface area contributed by atoms with Gasteiger partial charge in [0.1, 0.15) is 17.9 Å². The molecule has 0 bridgehead atoms. The van der Waals surface area contributed by atoms with Crippen molar-refractivity contribution in [2.24, 2.45) is 0 Å². The summed E-state index contributed by atoms with van der Waals surface area (Å²) in [6, 6.07) is 10.9. The molecule has 9 heteroatoms. The molecular formula is C16H11F3N4O2. The minimum absolute atomic E-state index is 0.00754. The molecule has 1 amide bonds. The van der Waals surface area contributed by atoms with Gasteiger partial charge in [0.15, 0.2) is 0 Å². The van der Waals surface area contributed by atoms with Crippen LogP contribution in [0, 0.1) is 5.82 Å². The van der Waals surface area contributed by atoms with E-state index in [0.717, 1.165) is 0 Å². The SMILES string of the molecule is O=C(Nc1ccc(F)cc1)c1ncn(-c2ccc(OC(F)F)cc2)n1. The molecule has 1 aromatic heterocycles. The topological polar surface area (TPSA) is 69.0 Å². The van der Waals surface area contributed by atoms with Gasteiger partial charge < -0.3 is 10.1 Å². The summed E-state index contributed by atoms with van der Waals surface area (Å²) in [6.45, 7) is -2.90. The van der Waals surface area contributed by atoms with E-state index in [0.29, 0.717) is 11.4 Å². The summed E-state index contributed by atoms with van der Waals surface area (Å²) < 4.78 is 42.7. The number of hydrogen-bond donors (Lipinski definition) is 1. The monoisotopic (exact) mass is 348 g/mol. The first-order valence-corrected chi connectivity index (χ1v) is 7.05. The van der Waals surface area contributed by atoms with Crippen molar-refractivity contribution in [3.05, 3.63) is 66.5 Å². The minimum atomic E-state index is -2.90. The third-order valence-electron chi connectivity index (χ3n) is 3.12. The zero-order chi connectivity index (χ0) is 17.8. The number of aromatic nitrogens is 3. The molecular weight excluding hydrogens is 337 g/mol. The lowest BCUT2D eigenvalue weighted by molar-refractivity contribution is -0.0498. The second-order valence-corrected chi connectivity index (χ2v) is 4.85. The van der Waals surface area contributed by atoms with Gasteiger partial charge in [-0.3, -0.25) is 4.79 Å². The van der Waals surface area contributed by atoms with E-state index in [4.69, 9.17) is 0 Å². The number of nitrogens with zero attached hydrogens (tertiary/aromatic N) is 3. The summed E-state index contributed by atoms with van der Waals surface area (Å²) in [4.78, 5) is 16.0. The maximum Gasteiger partial charge on any atom is 0.387 e. The number of hydrogen-bond acceptors (Lipinski definition) is 4. The van der Waals surface area contributed by atoms with Crippen LogP contribution in [0.3, 0.4) is 0 Å². The van der Waals surface area contributed by atoms with E-state index >= 15 is 0 Å². The molecule has 1 N–H and O–H groups in total. The highest BCUT2D eigenvalue weighted by atomic mass is 19.3. The Kier molecular flexibility index (Phi) is 4.64. The lowest BCUT2D eigenvalue weighted by atomic mass is 10.3. The van der Waals surface area contributed by atoms with Crippen molar-refractivity contribution < 1.29 is 22.7 Å². The predicted molar refractivity (Wildman–Crippen MR) is 82.3 cm³/mol. The smallest absolute Gasteiger partial charge is 0.387 e. The van der Waals surface area contributed by atoms with Crippen molar-refractivity contribution in [3.63, 3.8) is 0 Å². The van der Waals surface area contributed by atoms with Gasteiger partial charge in [-0.15, -0.1) is 5.10 Å². The highest BCUT2D eigenvalue weighted by Crippen LogP contribution is 2.17. The van der Waals surface area contributed by atoms with Crippen molar-refractivity contribution in [1.82, 2.24) is 14.8 Å². The van der Waals surface area contributed by atoms with Crippen LogP contribution in [-0.2, 0) is 0 Å². The van der Waals surface area contributed by atoms with Crippen LogP contribution >= 0.6 is 0 Å². The van der Waals surface area contributed by atoms with Crippen molar-refractivity contribution in [3.8, 4) is 11.4 Å². The Balaban J connectivity index is 1.71. The molecule has 6 nitrogen and oxygen atoms in total. The number of carbonyl (C=O) groups excluding carboxylic acids is 1. The number of nitrogens with one attached hydrogen (secondary N) is 1. The van der Waals surface area contributed by atoms with Gasteiger partial charge in [0.25, 0.3) is 5.91 Å². The molecule has 0 aliphatic carbocycles. The Morgan fingerprint density at radius 1 is 1.08 bits per heavy atom. The molecule has 3 rings (SSSR count). The van der Waals surface area contributed by atoms with Crippen LogP contribution in [-0.4, -0.2) is 27.3 Å². The highest BCUT2D eigenvalue weighted by molar-refractivity contribution is 6.01. The van der Waals surface area contributed by atoms with Gasteiger partial charge >= 0.3 is 6.61 Å². The standard InChI is InChI=1S/C16H11F3N4O2/c17-10-1-3-11(4-2-10)21-15(24)14-20-9-23(22-14)12-5-7-13(8-6-12)25-16(18)19/h1-9,16H,(H,21,24). The van der Waals surface area contributed by atoms with E-state index in [1.807, 2.05) is 0 Å². The van der Waals surface area contributed by atoms with Crippen LogP contribution < -0.4 is 10.1 Å². The summed E-state index contributed by atoms with van der Waals surface area (Å²) in [5.41, 5.74) is 0.909. The summed E-state index contributed by atoms with van der Waals surface area (Å²) in [5.74, 6) is -1.08. The maximum atomic E-state index is 12.8. The summed E-state index contributed by atoms with van der Waals surface area (Å²) in [7, 11) is 0. The quantitative estimate of drug-likeness (QED) is 0.768. The van der Waals surface area contributed by atoms with Gasteiger partial charge in [0, 0.05) is 5.69 Å². The number of alkyl halides is 2. The van der Waals surface area contributed by atoms with E-state index in [9.17, 15) is 18.0 Å². The molecule has 0 fully saturated rings. The molecule has 0 aliphatic heterocycles. The number of carbonyl (C=O) groups is 1. The van der Waals surface area contributed by atoms with Crippen molar-refractivity contribution in [2.75, 3.05) is 5.32 Å². The largest absolute Gasteiger partial charge is 0.435 e. The van der Waals surface area contributed by atoms with Gasteiger partial charge in [0.2, 0.25) is 5.82 Å². The van der Waals surface area contributed by atoms with Crippen molar-refractivity contribution >= 4 is 11.6 Å². The number of rotatable bonds is 5. The average molecular weight is 348 g/mol. The van der Waals surface area contributed by atoms with Gasteiger partial charge in [-0.05, 0) is 48.5 Å². The Bertz CT molecular complexity index is 864. The van der Waals surface area contributed by atoms with Gasteiger partial charge in [-0.2, -0.15) is 8.78 Å². The van der Waals surface area contributed by atoms with E-state index < -0.39 is 18.3 Å². The molecule has 0 saturated carbocycles. The fourth-order valence-corrected chi connectivity index (χ4v) is 1.99. The highest BCUT2D eigenvalue weighted by Gasteiger charge is 2.13. The number of anilines is 1. The number of benzene rings is 2. The van der Waals surface area contributed by atoms with Crippen LogP contribution in [0.5, 0.6) is 5.75 Å².